The molecule has 1 fully saturated rings. The summed E-state index contributed by atoms with van der Waals surface area (Å²) in [6, 6.07) is 2.02. The zero-order valence-corrected chi connectivity index (χ0v) is 13.3. The Balaban J connectivity index is 1.69. The molecule has 0 bridgehead atoms. The van der Waals surface area contributed by atoms with E-state index in [1.807, 2.05) is 17.9 Å². The first kappa shape index (κ1) is 15.8. The Morgan fingerprint density at radius 3 is 2.67 bits per heavy atom. The van der Waals surface area contributed by atoms with Gasteiger partial charge in [-0.3, -0.25) is 4.90 Å². The molecule has 1 saturated heterocycles. The monoisotopic (exact) mass is 294 g/mol. The van der Waals surface area contributed by atoms with Crippen molar-refractivity contribution >= 4 is 6.03 Å². The Morgan fingerprint density at radius 2 is 2.10 bits per heavy atom. The molecule has 6 heteroatoms. The molecule has 21 heavy (non-hydrogen) atoms. The van der Waals surface area contributed by atoms with E-state index in [2.05, 4.69) is 29.2 Å². The molecule has 0 spiro atoms. The molecule has 1 aromatic heterocycles. The number of aromatic nitrogens is 1. The van der Waals surface area contributed by atoms with E-state index in [0.717, 1.165) is 57.1 Å². The third-order valence-electron chi connectivity index (χ3n) is 3.71. The summed E-state index contributed by atoms with van der Waals surface area (Å²) >= 11 is 0. The number of amides is 2. The number of urea groups is 1. The first-order valence-corrected chi connectivity index (χ1v) is 7.72. The maximum atomic E-state index is 12.0. The molecule has 1 aromatic rings. The van der Waals surface area contributed by atoms with Crippen LogP contribution in [0, 0.1) is 12.8 Å². The van der Waals surface area contributed by atoms with Gasteiger partial charge < -0.3 is 14.7 Å². The minimum atomic E-state index is 0.0609. The molecule has 0 unspecified atom stereocenters. The van der Waals surface area contributed by atoms with Crippen molar-refractivity contribution < 1.29 is 9.32 Å². The lowest BCUT2D eigenvalue weighted by Gasteiger charge is -2.34. The van der Waals surface area contributed by atoms with Gasteiger partial charge in [-0.15, -0.1) is 0 Å². The van der Waals surface area contributed by atoms with Crippen LogP contribution in [-0.4, -0.2) is 53.7 Å². The van der Waals surface area contributed by atoms with E-state index in [4.69, 9.17) is 4.52 Å². The molecule has 0 saturated carbocycles. The zero-order valence-electron chi connectivity index (χ0n) is 13.3. The highest BCUT2D eigenvalue weighted by Crippen LogP contribution is 2.09. The fraction of sp³-hybridized carbons (Fsp3) is 0.733. The molecule has 0 aromatic carbocycles. The number of rotatable bonds is 5. The molecular weight excluding hydrogens is 268 g/mol. The van der Waals surface area contributed by atoms with Gasteiger partial charge in [-0.1, -0.05) is 19.0 Å². The van der Waals surface area contributed by atoms with E-state index in [-0.39, 0.29) is 6.03 Å². The van der Waals surface area contributed by atoms with Crippen molar-refractivity contribution in [3.8, 4) is 0 Å². The molecule has 1 N–H and O–H groups in total. The summed E-state index contributed by atoms with van der Waals surface area (Å²) < 4.78 is 5.23. The van der Waals surface area contributed by atoms with Crippen LogP contribution in [0.2, 0.25) is 0 Å². The van der Waals surface area contributed by atoms with E-state index in [0.29, 0.717) is 5.92 Å². The number of carbonyl (C=O) groups is 1. The minimum absolute atomic E-state index is 0.0609. The first-order valence-electron chi connectivity index (χ1n) is 7.72. The SMILES string of the molecule is Cc1cc(CN2CCN(C(=O)NCCC(C)C)CC2)on1. The fourth-order valence-electron chi connectivity index (χ4n) is 2.40. The van der Waals surface area contributed by atoms with E-state index in [1.165, 1.54) is 0 Å². The van der Waals surface area contributed by atoms with Crippen molar-refractivity contribution in [3.05, 3.63) is 17.5 Å². The second-order valence-corrected chi connectivity index (χ2v) is 6.11. The number of nitrogens with zero attached hydrogens (tertiary/aromatic N) is 3. The molecule has 2 rings (SSSR count). The summed E-state index contributed by atoms with van der Waals surface area (Å²) in [4.78, 5) is 16.2. The van der Waals surface area contributed by atoms with Crippen LogP contribution >= 0.6 is 0 Å². The molecular formula is C15H26N4O2. The molecule has 1 aliphatic rings. The molecule has 2 heterocycles. The standard InChI is InChI=1S/C15H26N4O2/c1-12(2)4-5-16-15(20)19-8-6-18(7-9-19)11-14-10-13(3)17-21-14/h10,12H,4-9,11H2,1-3H3,(H,16,20). The van der Waals surface area contributed by atoms with Crippen LogP contribution < -0.4 is 5.32 Å². The van der Waals surface area contributed by atoms with Crippen LogP contribution in [0.4, 0.5) is 4.79 Å². The summed E-state index contributed by atoms with van der Waals surface area (Å²) in [6.07, 6.45) is 1.02. The van der Waals surface area contributed by atoms with Crippen molar-refractivity contribution in [3.63, 3.8) is 0 Å². The van der Waals surface area contributed by atoms with E-state index < -0.39 is 0 Å². The van der Waals surface area contributed by atoms with Crippen molar-refractivity contribution in [1.29, 1.82) is 0 Å². The van der Waals surface area contributed by atoms with Gasteiger partial charge in [-0.25, -0.2) is 4.79 Å². The van der Waals surface area contributed by atoms with Gasteiger partial charge in [0.1, 0.15) is 0 Å². The Morgan fingerprint density at radius 1 is 1.38 bits per heavy atom. The maximum absolute atomic E-state index is 12.0. The van der Waals surface area contributed by atoms with Gasteiger partial charge in [0.2, 0.25) is 0 Å². The average Bonchev–Trinajstić information content (AvgIpc) is 2.84. The summed E-state index contributed by atoms with van der Waals surface area (Å²) in [5.74, 6) is 1.51. The zero-order chi connectivity index (χ0) is 15.2. The van der Waals surface area contributed by atoms with Gasteiger partial charge in [-0.05, 0) is 19.3 Å². The van der Waals surface area contributed by atoms with Gasteiger partial charge in [-0.2, -0.15) is 0 Å². The number of hydrogen-bond donors (Lipinski definition) is 1. The Bertz CT molecular complexity index is 450. The van der Waals surface area contributed by atoms with Gasteiger partial charge in [0.15, 0.2) is 5.76 Å². The average molecular weight is 294 g/mol. The van der Waals surface area contributed by atoms with Crippen LogP contribution in [0.1, 0.15) is 31.7 Å². The molecule has 0 aliphatic carbocycles. The predicted octanol–water partition coefficient (Wildman–Crippen LogP) is 1.86. The van der Waals surface area contributed by atoms with Crippen molar-refractivity contribution in [2.24, 2.45) is 5.92 Å². The van der Waals surface area contributed by atoms with Gasteiger partial charge in [0, 0.05) is 38.8 Å². The van der Waals surface area contributed by atoms with Gasteiger partial charge in [0.05, 0.1) is 12.2 Å². The molecule has 0 radical (unpaired) electrons. The first-order chi connectivity index (χ1) is 10.0. The lowest BCUT2D eigenvalue weighted by molar-refractivity contribution is 0.128. The third kappa shape index (κ3) is 5.04. The summed E-state index contributed by atoms with van der Waals surface area (Å²) in [7, 11) is 0. The third-order valence-corrected chi connectivity index (χ3v) is 3.71. The summed E-state index contributed by atoms with van der Waals surface area (Å²) in [5.41, 5.74) is 0.910. The Labute approximate surface area is 126 Å². The number of aryl methyl sites for hydroxylation is 1. The number of hydrogen-bond acceptors (Lipinski definition) is 4. The van der Waals surface area contributed by atoms with Crippen LogP contribution in [0.3, 0.4) is 0 Å². The second-order valence-electron chi connectivity index (χ2n) is 6.11. The molecule has 1 aliphatic heterocycles. The quantitative estimate of drug-likeness (QED) is 0.900. The number of carbonyl (C=O) groups excluding carboxylic acids is 1. The smallest absolute Gasteiger partial charge is 0.317 e. The van der Waals surface area contributed by atoms with Crippen LogP contribution in [0.5, 0.6) is 0 Å². The van der Waals surface area contributed by atoms with Crippen molar-refractivity contribution in [1.82, 2.24) is 20.3 Å². The van der Waals surface area contributed by atoms with E-state index in [1.54, 1.807) is 0 Å². The van der Waals surface area contributed by atoms with Crippen LogP contribution in [-0.2, 0) is 6.54 Å². The normalized spacial score (nSPS) is 16.5. The second kappa shape index (κ2) is 7.45. The minimum Gasteiger partial charge on any atom is -0.360 e. The molecule has 2 amide bonds. The fourth-order valence-corrected chi connectivity index (χ4v) is 2.40. The molecule has 6 nitrogen and oxygen atoms in total. The van der Waals surface area contributed by atoms with E-state index >= 15 is 0 Å². The predicted molar refractivity (Wildman–Crippen MR) is 80.9 cm³/mol. The lowest BCUT2D eigenvalue weighted by atomic mass is 10.1. The van der Waals surface area contributed by atoms with Crippen LogP contribution in [0.25, 0.3) is 0 Å². The van der Waals surface area contributed by atoms with E-state index in [9.17, 15) is 4.79 Å². The Hall–Kier alpha value is -1.56. The molecule has 0 atom stereocenters. The lowest BCUT2D eigenvalue weighted by Crippen LogP contribution is -2.51. The van der Waals surface area contributed by atoms with Crippen molar-refractivity contribution in [2.45, 2.75) is 33.7 Å². The highest BCUT2D eigenvalue weighted by Gasteiger charge is 2.21. The van der Waals surface area contributed by atoms with Crippen molar-refractivity contribution in [2.75, 3.05) is 32.7 Å². The maximum Gasteiger partial charge on any atom is 0.317 e. The number of nitrogens with one attached hydrogen (secondary N) is 1. The largest absolute Gasteiger partial charge is 0.360 e. The summed E-state index contributed by atoms with van der Waals surface area (Å²) in [5, 5.41) is 6.89. The number of piperazine rings is 1. The van der Waals surface area contributed by atoms with Crippen LogP contribution in [0.15, 0.2) is 10.6 Å². The van der Waals surface area contributed by atoms with Gasteiger partial charge in [0.25, 0.3) is 0 Å². The summed E-state index contributed by atoms with van der Waals surface area (Å²) in [6.45, 7) is 11.0. The van der Waals surface area contributed by atoms with Gasteiger partial charge >= 0.3 is 6.03 Å². The highest BCUT2D eigenvalue weighted by atomic mass is 16.5. The topological polar surface area (TPSA) is 61.6 Å². The highest BCUT2D eigenvalue weighted by molar-refractivity contribution is 5.74. The molecule has 118 valence electrons. The Kier molecular flexibility index (Phi) is 5.61.